The van der Waals surface area contributed by atoms with Gasteiger partial charge in [-0.2, -0.15) is 0 Å². The van der Waals surface area contributed by atoms with Crippen molar-refractivity contribution in [2.24, 2.45) is 0 Å². The van der Waals surface area contributed by atoms with Gasteiger partial charge in [0.15, 0.2) is 0 Å². The van der Waals surface area contributed by atoms with Gasteiger partial charge in [-0.3, -0.25) is 0 Å². The fourth-order valence-electron chi connectivity index (χ4n) is 2.33. The summed E-state index contributed by atoms with van der Waals surface area (Å²) >= 11 is 0. The Kier molecular flexibility index (Phi) is 5.08. The van der Waals surface area contributed by atoms with Gasteiger partial charge in [0, 0.05) is 25.2 Å². The maximum Gasteiger partial charge on any atom is 0.130 e. The van der Waals surface area contributed by atoms with Crippen LogP contribution in [0.3, 0.4) is 0 Å². The molecule has 1 aromatic rings. The van der Waals surface area contributed by atoms with Crippen molar-refractivity contribution in [2.75, 3.05) is 26.2 Å². The van der Waals surface area contributed by atoms with Crippen molar-refractivity contribution in [1.82, 2.24) is 10.2 Å². The second kappa shape index (κ2) is 6.81. The van der Waals surface area contributed by atoms with Crippen molar-refractivity contribution in [3.8, 4) is 0 Å². The van der Waals surface area contributed by atoms with Gasteiger partial charge in [0.25, 0.3) is 0 Å². The zero-order valence-corrected chi connectivity index (χ0v) is 10.6. The fourth-order valence-corrected chi connectivity index (χ4v) is 2.33. The molecule has 1 fully saturated rings. The average Bonchev–Trinajstić information content (AvgIpc) is 2.38. The molecule has 0 bridgehead atoms. The smallest absolute Gasteiger partial charge is 0.130 e. The van der Waals surface area contributed by atoms with Crippen LogP contribution in [0.4, 0.5) is 8.78 Å². The van der Waals surface area contributed by atoms with Crippen molar-refractivity contribution >= 4 is 0 Å². The van der Waals surface area contributed by atoms with Gasteiger partial charge in [-0.1, -0.05) is 12.5 Å². The third-order valence-corrected chi connectivity index (χ3v) is 3.42. The van der Waals surface area contributed by atoms with Crippen LogP contribution < -0.4 is 5.32 Å². The van der Waals surface area contributed by atoms with Crippen LogP contribution >= 0.6 is 0 Å². The summed E-state index contributed by atoms with van der Waals surface area (Å²) < 4.78 is 26.7. The molecule has 1 aliphatic heterocycles. The van der Waals surface area contributed by atoms with Crippen LogP contribution in [0.25, 0.3) is 0 Å². The monoisotopic (exact) mass is 254 g/mol. The first-order valence-corrected chi connectivity index (χ1v) is 6.63. The van der Waals surface area contributed by atoms with E-state index in [9.17, 15) is 8.78 Å². The molecule has 0 atom stereocenters. The number of nitrogens with one attached hydrogen (secondary N) is 1. The Morgan fingerprint density at radius 3 is 2.39 bits per heavy atom. The van der Waals surface area contributed by atoms with Gasteiger partial charge in [0.2, 0.25) is 0 Å². The predicted octanol–water partition coefficient (Wildman–Crippen LogP) is 2.54. The molecular weight excluding hydrogens is 234 g/mol. The summed E-state index contributed by atoms with van der Waals surface area (Å²) in [6.07, 6.45) is 3.86. The summed E-state index contributed by atoms with van der Waals surface area (Å²) in [5, 5.41) is 3.11. The van der Waals surface area contributed by atoms with Crippen LogP contribution in [0.2, 0.25) is 0 Å². The molecule has 1 aliphatic rings. The van der Waals surface area contributed by atoms with E-state index in [1.54, 1.807) is 0 Å². The van der Waals surface area contributed by atoms with E-state index < -0.39 is 11.6 Å². The molecule has 0 saturated carbocycles. The van der Waals surface area contributed by atoms with Gasteiger partial charge in [-0.05, 0) is 38.1 Å². The molecule has 0 aromatic heterocycles. The van der Waals surface area contributed by atoms with E-state index in [1.807, 2.05) is 0 Å². The number of nitrogens with zero attached hydrogens (tertiary/aromatic N) is 1. The fraction of sp³-hybridized carbons (Fsp3) is 0.571. The quantitative estimate of drug-likeness (QED) is 0.812. The van der Waals surface area contributed by atoms with Gasteiger partial charge < -0.3 is 10.2 Å². The Bertz CT molecular complexity index is 356. The SMILES string of the molecule is Fc1cccc(F)c1CNCCN1CCCCC1. The Balaban J connectivity index is 1.71. The maximum absolute atomic E-state index is 13.3. The lowest BCUT2D eigenvalue weighted by molar-refractivity contribution is 0.228. The first kappa shape index (κ1) is 13.4. The molecule has 1 N–H and O–H groups in total. The van der Waals surface area contributed by atoms with Crippen LogP contribution in [-0.2, 0) is 6.54 Å². The van der Waals surface area contributed by atoms with Gasteiger partial charge in [0.05, 0.1) is 0 Å². The minimum atomic E-state index is -0.472. The Morgan fingerprint density at radius 1 is 1.06 bits per heavy atom. The number of halogens is 2. The van der Waals surface area contributed by atoms with Crippen molar-refractivity contribution in [3.63, 3.8) is 0 Å². The minimum absolute atomic E-state index is 0.135. The molecule has 0 unspecified atom stereocenters. The van der Waals surface area contributed by atoms with Crippen LogP contribution in [-0.4, -0.2) is 31.1 Å². The summed E-state index contributed by atoms with van der Waals surface area (Å²) in [5.74, 6) is -0.944. The van der Waals surface area contributed by atoms with Crippen LogP contribution in [0.15, 0.2) is 18.2 Å². The Morgan fingerprint density at radius 2 is 1.72 bits per heavy atom. The molecule has 100 valence electrons. The maximum atomic E-state index is 13.3. The molecule has 2 nitrogen and oxygen atoms in total. The second-order valence-corrected chi connectivity index (χ2v) is 4.78. The molecule has 0 spiro atoms. The molecular formula is C14H20F2N2. The number of hydrogen-bond donors (Lipinski definition) is 1. The van der Waals surface area contributed by atoms with Gasteiger partial charge in [-0.15, -0.1) is 0 Å². The van der Waals surface area contributed by atoms with Crippen LogP contribution in [0.5, 0.6) is 0 Å². The summed E-state index contributed by atoms with van der Waals surface area (Å²) in [4.78, 5) is 2.40. The molecule has 0 radical (unpaired) electrons. The zero-order chi connectivity index (χ0) is 12.8. The normalized spacial score (nSPS) is 17.0. The van der Waals surface area contributed by atoms with Crippen LogP contribution in [0, 0.1) is 11.6 Å². The van der Waals surface area contributed by atoms with E-state index in [1.165, 1.54) is 37.5 Å². The van der Waals surface area contributed by atoms with Crippen molar-refractivity contribution < 1.29 is 8.78 Å². The van der Waals surface area contributed by atoms with E-state index in [0.717, 1.165) is 26.2 Å². The number of rotatable bonds is 5. The number of likely N-dealkylation sites (tertiary alicyclic amines) is 1. The molecule has 1 heterocycles. The summed E-state index contributed by atoms with van der Waals surface area (Å²) in [7, 11) is 0. The highest BCUT2D eigenvalue weighted by Crippen LogP contribution is 2.11. The van der Waals surface area contributed by atoms with Gasteiger partial charge in [0.1, 0.15) is 11.6 Å². The van der Waals surface area contributed by atoms with E-state index in [0.29, 0.717) is 0 Å². The van der Waals surface area contributed by atoms with Crippen molar-refractivity contribution in [3.05, 3.63) is 35.4 Å². The highest BCUT2D eigenvalue weighted by atomic mass is 19.1. The standard InChI is InChI=1S/C14H20F2N2/c15-13-5-4-6-14(16)12(13)11-17-7-10-18-8-2-1-3-9-18/h4-6,17H,1-3,7-11H2. The van der Waals surface area contributed by atoms with Gasteiger partial charge >= 0.3 is 0 Å². The Labute approximate surface area is 107 Å². The topological polar surface area (TPSA) is 15.3 Å². The highest BCUT2D eigenvalue weighted by Gasteiger charge is 2.10. The third-order valence-electron chi connectivity index (χ3n) is 3.42. The zero-order valence-electron chi connectivity index (χ0n) is 10.6. The number of benzene rings is 1. The number of piperidine rings is 1. The van der Waals surface area contributed by atoms with Crippen molar-refractivity contribution in [1.29, 1.82) is 0 Å². The minimum Gasteiger partial charge on any atom is -0.311 e. The Hall–Kier alpha value is -1.00. The lowest BCUT2D eigenvalue weighted by atomic mass is 10.1. The van der Waals surface area contributed by atoms with E-state index in [-0.39, 0.29) is 12.1 Å². The predicted molar refractivity (Wildman–Crippen MR) is 68.4 cm³/mol. The highest BCUT2D eigenvalue weighted by molar-refractivity contribution is 5.19. The van der Waals surface area contributed by atoms with E-state index >= 15 is 0 Å². The largest absolute Gasteiger partial charge is 0.311 e. The van der Waals surface area contributed by atoms with Crippen LogP contribution in [0.1, 0.15) is 24.8 Å². The first-order valence-electron chi connectivity index (χ1n) is 6.63. The lowest BCUT2D eigenvalue weighted by Gasteiger charge is -2.26. The summed E-state index contributed by atoms with van der Waals surface area (Å²) in [6.45, 7) is 4.28. The number of hydrogen-bond acceptors (Lipinski definition) is 2. The third kappa shape index (κ3) is 3.75. The molecule has 0 amide bonds. The van der Waals surface area contributed by atoms with Gasteiger partial charge in [-0.25, -0.2) is 8.78 Å². The van der Waals surface area contributed by atoms with E-state index in [4.69, 9.17) is 0 Å². The molecule has 1 aromatic carbocycles. The summed E-state index contributed by atoms with van der Waals surface area (Å²) in [5.41, 5.74) is 0.135. The summed E-state index contributed by atoms with van der Waals surface area (Å²) in [6, 6.07) is 3.98. The van der Waals surface area contributed by atoms with E-state index in [2.05, 4.69) is 10.2 Å². The molecule has 0 aliphatic carbocycles. The average molecular weight is 254 g/mol. The lowest BCUT2D eigenvalue weighted by Crippen LogP contribution is -2.35. The van der Waals surface area contributed by atoms with Crippen molar-refractivity contribution in [2.45, 2.75) is 25.8 Å². The second-order valence-electron chi connectivity index (χ2n) is 4.78. The molecule has 1 saturated heterocycles. The molecule has 4 heteroatoms. The molecule has 2 rings (SSSR count). The molecule has 18 heavy (non-hydrogen) atoms. The first-order chi connectivity index (χ1) is 8.77.